The molecule has 8 nitrogen and oxygen atoms in total. The Labute approximate surface area is 201 Å². The number of sulfonamides is 1. The Bertz CT molecular complexity index is 1340. The molecule has 0 bridgehead atoms. The van der Waals surface area contributed by atoms with E-state index < -0.39 is 10.0 Å². The monoisotopic (exact) mass is 504 g/mol. The van der Waals surface area contributed by atoms with Crippen LogP contribution in [0.25, 0.3) is 10.7 Å². The maximum absolute atomic E-state index is 13.4. The summed E-state index contributed by atoms with van der Waals surface area (Å²) in [6.45, 7) is 4.00. The number of halogens is 1. The second-order valence-corrected chi connectivity index (χ2v) is 12.1. The van der Waals surface area contributed by atoms with Crippen LogP contribution in [0.1, 0.15) is 47.9 Å². The summed E-state index contributed by atoms with van der Waals surface area (Å²) >= 11 is 1.33. The quantitative estimate of drug-likeness (QED) is 0.531. The molecule has 1 aromatic carbocycles. The zero-order valence-corrected chi connectivity index (χ0v) is 20.5. The van der Waals surface area contributed by atoms with Gasteiger partial charge in [0, 0.05) is 35.5 Å². The van der Waals surface area contributed by atoms with Gasteiger partial charge in [-0.1, -0.05) is 5.16 Å². The normalized spacial score (nSPS) is 17.7. The Balaban J connectivity index is 1.25. The van der Waals surface area contributed by atoms with Gasteiger partial charge < -0.3 is 9.84 Å². The average Bonchev–Trinajstić information content (AvgIpc) is 3.40. The summed E-state index contributed by atoms with van der Waals surface area (Å²) in [6, 6.07) is 5.82. The van der Waals surface area contributed by atoms with Crippen LogP contribution in [-0.4, -0.2) is 41.9 Å². The number of piperidine rings is 1. The molecule has 180 valence electrons. The van der Waals surface area contributed by atoms with E-state index in [0.717, 1.165) is 12.8 Å². The van der Waals surface area contributed by atoms with Crippen LogP contribution in [0, 0.1) is 25.6 Å². The number of hydrogen-bond acceptors (Lipinski definition) is 7. The lowest BCUT2D eigenvalue weighted by Gasteiger charge is -2.30. The second-order valence-electron chi connectivity index (χ2n) is 8.89. The topological polar surface area (TPSA) is 105 Å². The van der Waals surface area contributed by atoms with E-state index in [4.69, 9.17) is 4.52 Å². The number of benzene rings is 1. The molecule has 34 heavy (non-hydrogen) atoms. The van der Waals surface area contributed by atoms with E-state index in [2.05, 4.69) is 15.5 Å². The Morgan fingerprint density at radius 3 is 2.59 bits per heavy atom. The van der Waals surface area contributed by atoms with Crippen molar-refractivity contribution < 1.29 is 22.1 Å². The Morgan fingerprint density at radius 2 is 1.91 bits per heavy atom. The summed E-state index contributed by atoms with van der Waals surface area (Å²) in [7, 11) is -3.71. The first-order chi connectivity index (χ1) is 16.2. The van der Waals surface area contributed by atoms with Crippen molar-refractivity contribution in [3.8, 4) is 10.7 Å². The SMILES string of the molecule is Cc1cc(F)ccc1NC(=O)C1CCN(S(=O)(=O)c2cc(-c3noc(C4CC4)n3)sc2C)CC1. The number of carbonyl (C=O) groups is 1. The maximum atomic E-state index is 13.4. The first-order valence-electron chi connectivity index (χ1n) is 11.2. The second kappa shape index (κ2) is 8.86. The van der Waals surface area contributed by atoms with E-state index in [1.54, 1.807) is 19.9 Å². The predicted molar refractivity (Wildman–Crippen MR) is 126 cm³/mol. The Morgan fingerprint density at radius 1 is 1.18 bits per heavy atom. The van der Waals surface area contributed by atoms with Gasteiger partial charge in [0.15, 0.2) is 0 Å². The Hall–Kier alpha value is -2.63. The minimum Gasteiger partial charge on any atom is -0.339 e. The highest BCUT2D eigenvalue weighted by Crippen LogP contribution is 2.41. The zero-order valence-electron chi connectivity index (χ0n) is 18.9. The standard InChI is InChI=1S/C23H25FN4O4S2/c1-13-11-17(24)5-6-18(13)25-22(29)15-7-9-28(10-8-15)34(30,31)20-12-19(33-14(20)2)21-26-23(32-27-21)16-3-4-16/h5-6,11-12,15-16H,3-4,7-10H2,1-2H3,(H,25,29). The van der Waals surface area contributed by atoms with E-state index in [1.165, 1.54) is 33.8 Å². The van der Waals surface area contributed by atoms with Gasteiger partial charge in [0.1, 0.15) is 5.82 Å². The number of nitrogens with one attached hydrogen (secondary N) is 1. The van der Waals surface area contributed by atoms with Crippen molar-refractivity contribution in [2.75, 3.05) is 18.4 Å². The zero-order chi connectivity index (χ0) is 24.0. The molecule has 0 spiro atoms. The van der Waals surface area contributed by atoms with Gasteiger partial charge in [0.25, 0.3) is 0 Å². The van der Waals surface area contributed by atoms with Gasteiger partial charge in [-0.3, -0.25) is 4.79 Å². The number of anilines is 1. The molecule has 1 N–H and O–H groups in total. The van der Waals surface area contributed by atoms with Crippen molar-refractivity contribution >= 4 is 33.0 Å². The molecule has 0 radical (unpaired) electrons. The van der Waals surface area contributed by atoms with Crippen LogP contribution >= 0.6 is 11.3 Å². The number of thiophene rings is 1. The van der Waals surface area contributed by atoms with Gasteiger partial charge in [-0.05, 0) is 69.4 Å². The number of amides is 1. The number of hydrogen-bond donors (Lipinski definition) is 1. The number of aryl methyl sites for hydroxylation is 2. The van der Waals surface area contributed by atoms with Gasteiger partial charge in [-0.2, -0.15) is 9.29 Å². The molecule has 3 aromatic rings. The third-order valence-electron chi connectivity index (χ3n) is 6.35. The third kappa shape index (κ3) is 4.51. The minimum atomic E-state index is -3.71. The predicted octanol–water partition coefficient (Wildman–Crippen LogP) is 4.47. The summed E-state index contributed by atoms with van der Waals surface area (Å²) in [4.78, 5) is 18.7. The molecule has 5 rings (SSSR count). The highest BCUT2D eigenvalue weighted by molar-refractivity contribution is 7.89. The van der Waals surface area contributed by atoms with Crippen molar-refractivity contribution in [1.29, 1.82) is 0 Å². The van der Waals surface area contributed by atoms with Gasteiger partial charge in [0.2, 0.25) is 27.6 Å². The van der Waals surface area contributed by atoms with E-state index in [9.17, 15) is 17.6 Å². The molecular formula is C23H25FN4O4S2. The van der Waals surface area contributed by atoms with Crippen LogP contribution in [0.5, 0.6) is 0 Å². The highest BCUT2D eigenvalue weighted by atomic mass is 32.2. The fraction of sp³-hybridized carbons (Fsp3) is 0.435. The summed E-state index contributed by atoms with van der Waals surface area (Å²) in [5, 5.41) is 6.86. The molecule has 1 saturated carbocycles. The largest absolute Gasteiger partial charge is 0.339 e. The molecule has 11 heteroatoms. The van der Waals surface area contributed by atoms with Crippen LogP contribution < -0.4 is 5.32 Å². The fourth-order valence-corrected chi connectivity index (χ4v) is 7.12. The van der Waals surface area contributed by atoms with Crippen molar-refractivity contribution in [2.45, 2.75) is 50.3 Å². The van der Waals surface area contributed by atoms with Crippen LogP contribution in [0.2, 0.25) is 0 Å². The number of rotatable bonds is 6. The molecule has 0 unspecified atom stereocenters. The molecule has 2 aliphatic rings. The van der Waals surface area contributed by atoms with Crippen LogP contribution in [0.15, 0.2) is 33.7 Å². The summed E-state index contributed by atoms with van der Waals surface area (Å²) in [5.41, 5.74) is 1.21. The van der Waals surface area contributed by atoms with Gasteiger partial charge in [-0.15, -0.1) is 11.3 Å². The maximum Gasteiger partial charge on any atom is 0.244 e. The summed E-state index contributed by atoms with van der Waals surface area (Å²) in [5.74, 6) is 0.517. The lowest BCUT2D eigenvalue weighted by molar-refractivity contribution is -0.120. The molecule has 2 aromatic heterocycles. The fourth-order valence-electron chi connectivity index (χ4n) is 4.16. The first-order valence-corrected chi connectivity index (χ1v) is 13.5. The van der Waals surface area contributed by atoms with Crippen molar-refractivity contribution in [2.24, 2.45) is 5.92 Å². The molecule has 1 saturated heterocycles. The molecule has 1 aliphatic heterocycles. The van der Waals surface area contributed by atoms with Crippen LogP contribution in [0.4, 0.5) is 10.1 Å². The Kier molecular flexibility index (Phi) is 6.03. The number of carbonyl (C=O) groups excluding carboxylic acids is 1. The first kappa shape index (κ1) is 23.1. The van der Waals surface area contributed by atoms with E-state index in [-0.39, 0.29) is 35.6 Å². The van der Waals surface area contributed by atoms with Gasteiger partial charge in [-0.25, -0.2) is 12.8 Å². The van der Waals surface area contributed by atoms with Crippen LogP contribution in [-0.2, 0) is 14.8 Å². The van der Waals surface area contributed by atoms with Crippen LogP contribution in [0.3, 0.4) is 0 Å². The molecule has 2 fully saturated rings. The molecule has 1 amide bonds. The summed E-state index contributed by atoms with van der Waals surface area (Å²) < 4.78 is 46.8. The molecule has 0 atom stereocenters. The van der Waals surface area contributed by atoms with Crippen molar-refractivity contribution in [3.05, 3.63) is 46.4 Å². The van der Waals surface area contributed by atoms with E-state index in [1.807, 2.05) is 0 Å². The smallest absolute Gasteiger partial charge is 0.244 e. The lowest BCUT2D eigenvalue weighted by atomic mass is 9.97. The van der Waals surface area contributed by atoms with Crippen molar-refractivity contribution in [1.82, 2.24) is 14.4 Å². The van der Waals surface area contributed by atoms with Gasteiger partial charge >= 0.3 is 0 Å². The van der Waals surface area contributed by atoms with Crippen molar-refractivity contribution in [3.63, 3.8) is 0 Å². The molecular weight excluding hydrogens is 479 g/mol. The third-order valence-corrected chi connectivity index (χ3v) is 9.55. The van der Waals surface area contributed by atoms with E-state index >= 15 is 0 Å². The molecule has 1 aliphatic carbocycles. The molecule has 3 heterocycles. The lowest BCUT2D eigenvalue weighted by Crippen LogP contribution is -2.41. The average molecular weight is 505 g/mol. The minimum absolute atomic E-state index is 0.177. The number of nitrogens with zero attached hydrogens (tertiary/aromatic N) is 3. The summed E-state index contributed by atoms with van der Waals surface area (Å²) in [6.07, 6.45) is 2.91. The number of aromatic nitrogens is 2. The van der Waals surface area contributed by atoms with Gasteiger partial charge in [0.05, 0.1) is 9.77 Å². The highest BCUT2D eigenvalue weighted by Gasteiger charge is 2.35. The van der Waals surface area contributed by atoms with E-state index in [0.29, 0.717) is 51.5 Å².